The molecule has 2 atom stereocenters. The standard InChI is InChI=1S/C18H33NO2Si/c1-13(2)11-14-12-16(21-22(6,7)18(3,4)5)15-9-8-10-19(15)17(14)20/h11,13,15-16H,8-10,12H2,1-7H3/b14-11+/t15-,16+/m0/s1. The van der Waals surface area contributed by atoms with Crippen molar-refractivity contribution in [1.82, 2.24) is 4.90 Å². The van der Waals surface area contributed by atoms with Crippen LogP contribution in [0, 0.1) is 5.92 Å². The first kappa shape index (κ1) is 17.7. The third kappa shape index (κ3) is 3.48. The van der Waals surface area contributed by atoms with Crippen molar-refractivity contribution in [3.8, 4) is 0 Å². The molecule has 2 heterocycles. The van der Waals surface area contributed by atoms with Crippen LogP contribution in [0.4, 0.5) is 0 Å². The molecule has 22 heavy (non-hydrogen) atoms. The number of amides is 1. The number of carbonyl (C=O) groups excluding carboxylic acids is 1. The zero-order chi connectivity index (χ0) is 16.7. The van der Waals surface area contributed by atoms with Gasteiger partial charge in [0.05, 0.1) is 12.1 Å². The number of hydrogen-bond donors (Lipinski definition) is 0. The Morgan fingerprint density at radius 2 is 1.95 bits per heavy atom. The fourth-order valence-electron chi connectivity index (χ4n) is 3.27. The van der Waals surface area contributed by atoms with Crippen LogP contribution >= 0.6 is 0 Å². The van der Waals surface area contributed by atoms with Crippen molar-refractivity contribution in [2.24, 2.45) is 5.92 Å². The summed E-state index contributed by atoms with van der Waals surface area (Å²) in [5.74, 6) is 0.665. The third-order valence-corrected chi connectivity index (χ3v) is 9.98. The highest BCUT2D eigenvalue weighted by atomic mass is 28.4. The Morgan fingerprint density at radius 1 is 1.32 bits per heavy atom. The SMILES string of the molecule is CC(C)/C=C1\C[C@@H](O[Si](C)(C)C(C)(C)C)[C@@H]2CCCN2C1=O. The van der Waals surface area contributed by atoms with Gasteiger partial charge in [0.25, 0.3) is 0 Å². The molecule has 1 amide bonds. The number of hydrogen-bond acceptors (Lipinski definition) is 2. The molecule has 2 aliphatic rings. The van der Waals surface area contributed by atoms with Gasteiger partial charge in [0.15, 0.2) is 8.32 Å². The summed E-state index contributed by atoms with van der Waals surface area (Å²) in [5, 5.41) is 0.208. The molecule has 4 heteroatoms. The summed E-state index contributed by atoms with van der Waals surface area (Å²) < 4.78 is 6.72. The van der Waals surface area contributed by atoms with E-state index in [2.05, 4.69) is 58.7 Å². The van der Waals surface area contributed by atoms with Gasteiger partial charge in [-0.2, -0.15) is 0 Å². The van der Waals surface area contributed by atoms with Crippen LogP contribution in [0.3, 0.4) is 0 Å². The normalized spacial score (nSPS) is 28.6. The molecular weight excluding hydrogens is 290 g/mol. The van der Waals surface area contributed by atoms with Gasteiger partial charge >= 0.3 is 0 Å². The molecule has 0 aliphatic carbocycles. The van der Waals surface area contributed by atoms with Gasteiger partial charge in [0, 0.05) is 18.5 Å². The van der Waals surface area contributed by atoms with Crippen LogP contribution < -0.4 is 0 Å². The van der Waals surface area contributed by atoms with E-state index in [4.69, 9.17) is 4.43 Å². The summed E-state index contributed by atoms with van der Waals surface area (Å²) in [6.45, 7) is 16.7. The molecule has 0 unspecified atom stereocenters. The van der Waals surface area contributed by atoms with Crippen LogP contribution in [0.15, 0.2) is 11.6 Å². The molecular formula is C18H33NO2Si. The molecule has 0 spiro atoms. The van der Waals surface area contributed by atoms with E-state index in [9.17, 15) is 4.79 Å². The van der Waals surface area contributed by atoms with E-state index < -0.39 is 8.32 Å². The van der Waals surface area contributed by atoms with Crippen molar-refractivity contribution in [3.63, 3.8) is 0 Å². The number of nitrogens with zero attached hydrogens (tertiary/aromatic N) is 1. The van der Waals surface area contributed by atoms with E-state index in [-0.39, 0.29) is 17.0 Å². The second-order valence-corrected chi connectivity index (χ2v) is 13.5. The lowest BCUT2D eigenvalue weighted by atomic mass is 9.93. The minimum atomic E-state index is -1.81. The van der Waals surface area contributed by atoms with Gasteiger partial charge in [-0.15, -0.1) is 0 Å². The van der Waals surface area contributed by atoms with Crippen molar-refractivity contribution in [1.29, 1.82) is 0 Å². The Morgan fingerprint density at radius 3 is 2.50 bits per heavy atom. The predicted molar refractivity (Wildman–Crippen MR) is 94.3 cm³/mol. The van der Waals surface area contributed by atoms with E-state index in [0.29, 0.717) is 12.0 Å². The Hall–Kier alpha value is -0.613. The predicted octanol–water partition coefficient (Wildman–Crippen LogP) is 4.35. The van der Waals surface area contributed by atoms with Gasteiger partial charge in [-0.05, 0) is 36.9 Å². The van der Waals surface area contributed by atoms with Crippen LogP contribution in [-0.4, -0.2) is 37.8 Å². The van der Waals surface area contributed by atoms with E-state index in [1.807, 2.05) is 0 Å². The molecule has 0 saturated carbocycles. The average molecular weight is 324 g/mol. The van der Waals surface area contributed by atoms with Gasteiger partial charge < -0.3 is 9.33 Å². The fourth-order valence-corrected chi connectivity index (χ4v) is 4.62. The van der Waals surface area contributed by atoms with Crippen molar-refractivity contribution < 1.29 is 9.22 Å². The van der Waals surface area contributed by atoms with Gasteiger partial charge in [-0.3, -0.25) is 4.79 Å². The maximum absolute atomic E-state index is 12.7. The largest absolute Gasteiger partial charge is 0.412 e. The first-order valence-corrected chi connectivity index (χ1v) is 11.6. The quantitative estimate of drug-likeness (QED) is 0.571. The van der Waals surface area contributed by atoms with Crippen LogP contribution in [0.25, 0.3) is 0 Å². The van der Waals surface area contributed by atoms with Crippen LogP contribution in [0.1, 0.15) is 53.9 Å². The number of carbonyl (C=O) groups is 1. The van der Waals surface area contributed by atoms with Crippen LogP contribution in [0.5, 0.6) is 0 Å². The second-order valence-electron chi connectivity index (χ2n) is 8.76. The highest BCUT2D eigenvalue weighted by Gasteiger charge is 2.46. The second kappa shape index (κ2) is 6.12. The maximum atomic E-state index is 12.7. The van der Waals surface area contributed by atoms with Gasteiger partial charge in [-0.1, -0.05) is 40.7 Å². The topological polar surface area (TPSA) is 29.5 Å². The number of rotatable bonds is 3. The molecule has 2 aliphatic heterocycles. The molecule has 0 radical (unpaired) electrons. The number of fused-ring (bicyclic) bond motifs is 1. The van der Waals surface area contributed by atoms with Gasteiger partial charge in [0.1, 0.15) is 0 Å². The van der Waals surface area contributed by atoms with E-state index in [1.54, 1.807) is 0 Å². The molecule has 0 N–H and O–H groups in total. The molecule has 0 bridgehead atoms. The van der Waals surface area contributed by atoms with E-state index in [1.165, 1.54) is 0 Å². The lowest BCUT2D eigenvalue weighted by Crippen LogP contribution is -2.54. The number of allylic oxidation sites excluding steroid dienone is 1. The molecule has 126 valence electrons. The van der Waals surface area contributed by atoms with Crippen LogP contribution in [-0.2, 0) is 9.22 Å². The van der Waals surface area contributed by atoms with Crippen molar-refractivity contribution in [2.45, 2.75) is 84.2 Å². The molecule has 0 aromatic heterocycles. The molecule has 2 fully saturated rings. The van der Waals surface area contributed by atoms with Gasteiger partial charge in [-0.25, -0.2) is 0 Å². The Balaban J connectivity index is 2.24. The lowest BCUT2D eigenvalue weighted by molar-refractivity contribution is -0.133. The molecule has 0 aromatic rings. The van der Waals surface area contributed by atoms with E-state index in [0.717, 1.165) is 31.4 Å². The first-order chi connectivity index (χ1) is 10.0. The smallest absolute Gasteiger partial charge is 0.249 e. The monoisotopic (exact) mass is 323 g/mol. The summed E-state index contributed by atoms with van der Waals surface area (Å²) >= 11 is 0. The minimum Gasteiger partial charge on any atom is -0.412 e. The minimum absolute atomic E-state index is 0.186. The maximum Gasteiger partial charge on any atom is 0.249 e. The molecule has 3 nitrogen and oxygen atoms in total. The van der Waals surface area contributed by atoms with E-state index >= 15 is 0 Å². The molecule has 0 aromatic carbocycles. The summed E-state index contributed by atoms with van der Waals surface area (Å²) in [7, 11) is -1.81. The van der Waals surface area contributed by atoms with Crippen molar-refractivity contribution in [3.05, 3.63) is 11.6 Å². The summed E-state index contributed by atoms with van der Waals surface area (Å²) in [6, 6.07) is 0.297. The molecule has 2 saturated heterocycles. The number of piperidine rings is 1. The van der Waals surface area contributed by atoms with Crippen molar-refractivity contribution >= 4 is 14.2 Å². The van der Waals surface area contributed by atoms with Crippen LogP contribution in [0.2, 0.25) is 18.1 Å². The summed E-state index contributed by atoms with van der Waals surface area (Å²) in [5.41, 5.74) is 0.969. The fraction of sp³-hybridized carbons (Fsp3) is 0.833. The zero-order valence-electron chi connectivity index (χ0n) is 15.4. The summed E-state index contributed by atoms with van der Waals surface area (Å²) in [4.78, 5) is 14.7. The highest BCUT2D eigenvalue weighted by molar-refractivity contribution is 6.74. The summed E-state index contributed by atoms with van der Waals surface area (Å²) in [6.07, 6.45) is 5.33. The Kier molecular flexibility index (Phi) is 4.93. The lowest BCUT2D eigenvalue weighted by Gasteiger charge is -2.45. The first-order valence-electron chi connectivity index (χ1n) is 8.72. The Labute approximate surface area is 137 Å². The van der Waals surface area contributed by atoms with Crippen molar-refractivity contribution in [2.75, 3.05) is 6.54 Å². The van der Waals surface area contributed by atoms with Gasteiger partial charge in [0.2, 0.25) is 5.91 Å². The highest BCUT2D eigenvalue weighted by Crippen LogP contribution is 2.41. The Bertz CT molecular complexity index is 462. The third-order valence-electron chi connectivity index (χ3n) is 5.47. The molecule has 2 rings (SSSR count). The average Bonchev–Trinajstić information content (AvgIpc) is 2.82. The zero-order valence-corrected chi connectivity index (χ0v) is 16.4.